The molecule has 1 saturated carbocycles. The molecule has 0 aromatic carbocycles. The number of aryl methyl sites for hydroxylation is 1. The quantitative estimate of drug-likeness (QED) is 0.397. The Hall–Kier alpha value is -3.80. The standard InChI is InChI=1S/C27H31F5N8O5/c1-14-21(38-45-37-14)23(41)36-22(15-2-4-16(5-3-15)27(30,31)32)18-11-40-25(35-18)34-17(10-33-40)19-12-43-9-8-39(19)24(42)20-6-7-26(28,29)13-44-20/h10-11,15-16,19-20,22H,2-9,12-13H2,1H3,(H,36,41)/t15-,16-,19-,20+,22+/m1/s1. The highest BCUT2D eigenvalue weighted by molar-refractivity contribution is 5.93. The van der Waals surface area contributed by atoms with Gasteiger partial charge in [0.15, 0.2) is 5.69 Å². The molecule has 5 heterocycles. The molecule has 3 atom stereocenters. The highest BCUT2D eigenvalue weighted by Gasteiger charge is 2.44. The Morgan fingerprint density at radius 2 is 1.89 bits per heavy atom. The molecule has 2 saturated heterocycles. The van der Waals surface area contributed by atoms with Crippen LogP contribution < -0.4 is 5.32 Å². The summed E-state index contributed by atoms with van der Waals surface area (Å²) in [6, 6.07) is -1.49. The maximum atomic E-state index is 13.6. The molecule has 13 nitrogen and oxygen atoms in total. The lowest BCUT2D eigenvalue weighted by Crippen LogP contribution is -2.50. The van der Waals surface area contributed by atoms with Crippen LogP contribution in [0.25, 0.3) is 5.78 Å². The highest BCUT2D eigenvalue weighted by Crippen LogP contribution is 2.43. The van der Waals surface area contributed by atoms with Crippen molar-refractivity contribution in [3.05, 3.63) is 35.2 Å². The predicted octanol–water partition coefficient (Wildman–Crippen LogP) is 3.37. The van der Waals surface area contributed by atoms with Gasteiger partial charge in [0.1, 0.15) is 18.4 Å². The van der Waals surface area contributed by atoms with Crippen molar-refractivity contribution in [1.82, 2.24) is 40.1 Å². The van der Waals surface area contributed by atoms with Crippen molar-refractivity contribution in [1.29, 1.82) is 0 Å². The zero-order valence-electron chi connectivity index (χ0n) is 24.2. The molecule has 1 aliphatic carbocycles. The zero-order chi connectivity index (χ0) is 31.9. The molecule has 0 spiro atoms. The average molecular weight is 643 g/mol. The average Bonchev–Trinajstić information content (AvgIpc) is 3.64. The molecule has 244 valence electrons. The van der Waals surface area contributed by atoms with Crippen molar-refractivity contribution in [3.8, 4) is 0 Å². The van der Waals surface area contributed by atoms with Gasteiger partial charge in [-0.1, -0.05) is 5.16 Å². The molecule has 0 radical (unpaired) electrons. The first-order valence-electron chi connectivity index (χ1n) is 14.7. The number of halogens is 5. The Kier molecular flexibility index (Phi) is 8.45. The largest absolute Gasteiger partial charge is 0.391 e. The van der Waals surface area contributed by atoms with Gasteiger partial charge in [0.2, 0.25) is 0 Å². The zero-order valence-corrected chi connectivity index (χ0v) is 24.2. The lowest BCUT2D eigenvalue weighted by atomic mass is 9.77. The number of morpholine rings is 1. The van der Waals surface area contributed by atoms with Crippen LogP contribution in [-0.2, 0) is 14.3 Å². The van der Waals surface area contributed by atoms with Crippen molar-refractivity contribution in [2.45, 2.75) is 75.7 Å². The lowest BCUT2D eigenvalue weighted by molar-refractivity contribution is -0.184. The second-order valence-corrected chi connectivity index (χ2v) is 11.7. The van der Waals surface area contributed by atoms with Crippen LogP contribution >= 0.6 is 0 Å². The minimum absolute atomic E-state index is 0.0565. The molecule has 18 heteroatoms. The second kappa shape index (κ2) is 12.2. The van der Waals surface area contributed by atoms with Gasteiger partial charge in [0.25, 0.3) is 23.5 Å². The summed E-state index contributed by atoms with van der Waals surface area (Å²) in [5.74, 6) is -5.71. The molecule has 0 bridgehead atoms. The third kappa shape index (κ3) is 6.61. The van der Waals surface area contributed by atoms with Crippen LogP contribution in [0.5, 0.6) is 0 Å². The maximum absolute atomic E-state index is 13.6. The Morgan fingerprint density at radius 3 is 2.56 bits per heavy atom. The minimum Gasteiger partial charge on any atom is -0.377 e. The Morgan fingerprint density at radius 1 is 1.11 bits per heavy atom. The van der Waals surface area contributed by atoms with Crippen LogP contribution in [0.3, 0.4) is 0 Å². The van der Waals surface area contributed by atoms with Gasteiger partial charge in [0, 0.05) is 13.0 Å². The molecule has 3 fully saturated rings. The van der Waals surface area contributed by atoms with Crippen molar-refractivity contribution in [2.75, 3.05) is 26.4 Å². The van der Waals surface area contributed by atoms with Crippen LogP contribution in [0.1, 0.15) is 78.2 Å². The predicted molar refractivity (Wildman–Crippen MR) is 141 cm³/mol. The van der Waals surface area contributed by atoms with E-state index in [-0.39, 0.29) is 74.9 Å². The van der Waals surface area contributed by atoms with Gasteiger partial charge in [-0.25, -0.2) is 27.9 Å². The molecular formula is C27H31F5N8O5. The summed E-state index contributed by atoms with van der Waals surface area (Å²) in [7, 11) is 0. The summed E-state index contributed by atoms with van der Waals surface area (Å²) >= 11 is 0. The fraction of sp³-hybridized carbons (Fsp3) is 0.667. The van der Waals surface area contributed by atoms with Gasteiger partial charge in [-0.05, 0) is 50.1 Å². The fourth-order valence-electron chi connectivity index (χ4n) is 6.19. The van der Waals surface area contributed by atoms with Gasteiger partial charge >= 0.3 is 6.18 Å². The summed E-state index contributed by atoms with van der Waals surface area (Å²) in [6.07, 6.45) is -2.71. The minimum atomic E-state index is -4.30. The van der Waals surface area contributed by atoms with Crippen molar-refractivity contribution < 1.29 is 45.6 Å². The molecule has 2 amide bonds. The van der Waals surface area contributed by atoms with Gasteiger partial charge in [-0.2, -0.15) is 18.3 Å². The van der Waals surface area contributed by atoms with Crippen molar-refractivity contribution in [3.63, 3.8) is 0 Å². The molecule has 45 heavy (non-hydrogen) atoms. The van der Waals surface area contributed by atoms with E-state index in [1.54, 1.807) is 0 Å². The van der Waals surface area contributed by atoms with Crippen molar-refractivity contribution in [2.24, 2.45) is 11.8 Å². The number of rotatable bonds is 6. The lowest BCUT2D eigenvalue weighted by Gasteiger charge is -2.38. The molecule has 0 unspecified atom stereocenters. The molecule has 3 aromatic heterocycles. The first-order chi connectivity index (χ1) is 21.4. The number of ether oxygens (including phenoxy) is 2. The van der Waals surface area contributed by atoms with E-state index in [2.05, 4.69) is 35.3 Å². The number of nitrogens with one attached hydrogen (secondary N) is 1. The number of imidazole rings is 1. The Bertz CT molecular complexity index is 1530. The van der Waals surface area contributed by atoms with E-state index in [1.807, 2.05) is 0 Å². The monoisotopic (exact) mass is 642 g/mol. The van der Waals surface area contributed by atoms with E-state index in [0.29, 0.717) is 11.4 Å². The Balaban J connectivity index is 1.25. The molecule has 2 aliphatic heterocycles. The van der Waals surface area contributed by atoms with Crippen molar-refractivity contribution >= 4 is 17.6 Å². The summed E-state index contributed by atoms with van der Waals surface area (Å²) < 4.78 is 84.1. The number of amides is 2. The van der Waals surface area contributed by atoms with Crippen LogP contribution in [0.4, 0.5) is 22.0 Å². The SMILES string of the molecule is Cc1nonc1C(=O)N[C@H](c1cn2ncc([C@H]3COCCN3C(=O)[C@@H]3CCC(F)(F)CO3)nc2n1)[C@H]1CC[C@H](C(F)(F)F)CC1. The van der Waals surface area contributed by atoms with E-state index in [1.165, 1.54) is 28.7 Å². The van der Waals surface area contributed by atoms with Crippen LogP contribution in [0, 0.1) is 18.8 Å². The number of carbonyl (C=O) groups excluding carboxylic acids is 2. The van der Waals surface area contributed by atoms with Crippen LogP contribution in [-0.4, -0.2) is 91.2 Å². The number of aromatic nitrogens is 6. The smallest absolute Gasteiger partial charge is 0.377 e. The molecular weight excluding hydrogens is 611 g/mol. The molecule has 1 N–H and O–H groups in total. The van der Waals surface area contributed by atoms with E-state index in [0.717, 1.165) is 0 Å². The summed E-state index contributed by atoms with van der Waals surface area (Å²) in [4.78, 5) is 37.1. The number of carbonyl (C=O) groups is 2. The summed E-state index contributed by atoms with van der Waals surface area (Å²) in [5.41, 5.74) is 0.856. The number of alkyl halides is 5. The second-order valence-electron chi connectivity index (χ2n) is 11.7. The first kappa shape index (κ1) is 31.2. The van der Waals surface area contributed by atoms with E-state index in [4.69, 9.17) is 9.47 Å². The third-order valence-corrected chi connectivity index (χ3v) is 8.71. The molecule has 3 aromatic rings. The number of hydrogen-bond donors (Lipinski definition) is 1. The number of fused-ring (bicyclic) bond motifs is 1. The highest BCUT2D eigenvalue weighted by atomic mass is 19.4. The van der Waals surface area contributed by atoms with E-state index < -0.39 is 61.0 Å². The van der Waals surface area contributed by atoms with Crippen LogP contribution in [0.2, 0.25) is 0 Å². The number of hydrogen-bond acceptors (Lipinski definition) is 10. The summed E-state index contributed by atoms with van der Waals surface area (Å²) in [5, 5.41) is 14.5. The van der Waals surface area contributed by atoms with Gasteiger partial charge < -0.3 is 19.7 Å². The van der Waals surface area contributed by atoms with Crippen LogP contribution in [0.15, 0.2) is 17.0 Å². The topological polar surface area (TPSA) is 150 Å². The normalized spacial score (nSPS) is 26.5. The van der Waals surface area contributed by atoms with Gasteiger partial charge in [-0.3, -0.25) is 9.59 Å². The molecule has 6 rings (SSSR count). The van der Waals surface area contributed by atoms with E-state index in [9.17, 15) is 31.5 Å². The Labute approximate surface area is 252 Å². The molecule has 3 aliphatic rings. The summed E-state index contributed by atoms with van der Waals surface area (Å²) in [6.45, 7) is 1.22. The van der Waals surface area contributed by atoms with Gasteiger partial charge in [0.05, 0.1) is 55.0 Å². The third-order valence-electron chi connectivity index (χ3n) is 8.71. The number of nitrogens with zero attached hydrogens (tertiary/aromatic N) is 7. The fourth-order valence-corrected chi connectivity index (χ4v) is 6.19. The first-order valence-corrected chi connectivity index (χ1v) is 14.7. The van der Waals surface area contributed by atoms with E-state index >= 15 is 0 Å². The van der Waals surface area contributed by atoms with Gasteiger partial charge in [-0.15, -0.1) is 0 Å². The maximum Gasteiger partial charge on any atom is 0.391 e.